The van der Waals surface area contributed by atoms with Gasteiger partial charge in [0.15, 0.2) is 0 Å². The molecule has 4 heteroatoms. The van der Waals surface area contributed by atoms with Crippen LogP contribution in [0.4, 0.5) is 4.79 Å². The Hall–Kier alpha value is -0.770. The standard InChI is InChI=1S/C7H14N2O2/c1-5-3-9(7(10)11)4-6(5)8-2/h5-6,8H,3-4H2,1-2H3,(H,10,11)/t5-,6-/m0/s1. The van der Waals surface area contributed by atoms with E-state index in [9.17, 15) is 4.79 Å². The van der Waals surface area contributed by atoms with Crippen LogP contribution in [-0.4, -0.2) is 42.3 Å². The van der Waals surface area contributed by atoms with Crippen LogP contribution in [-0.2, 0) is 0 Å². The van der Waals surface area contributed by atoms with Gasteiger partial charge in [-0.2, -0.15) is 0 Å². The third kappa shape index (κ3) is 1.63. The number of nitrogens with zero attached hydrogens (tertiary/aromatic N) is 1. The van der Waals surface area contributed by atoms with Gasteiger partial charge in [-0.1, -0.05) is 6.92 Å². The summed E-state index contributed by atoms with van der Waals surface area (Å²) in [7, 11) is 1.87. The third-order valence-electron chi connectivity index (χ3n) is 2.25. The van der Waals surface area contributed by atoms with Gasteiger partial charge in [-0.15, -0.1) is 0 Å². The number of carboxylic acid groups (broad SMARTS) is 1. The fourth-order valence-corrected chi connectivity index (χ4v) is 1.50. The molecule has 0 aromatic rings. The third-order valence-corrected chi connectivity index (χ3v) is 2.25. The van der Waals surface area contributed by atoms with Gasteiger partial charge in [-0.25, -0.2) is 4.79 Å². The summed E-state index contributed by atoms with van der Waals surface area (Å²) in [5.41, 5.74) is 0. The SMILES string of the molecule is CN[C@H]1CN(C(=O)O)C[C@@H]1C. The maximum absolute atomic E-state index is 10.5. The molecule has 1 amide bonds. The van der Waals surface area contributed by atoms with Crippen LogP contribution in [0.3, 0.4) is 0 Å². The zero-order chi connectivity index (χ0) is 8.43. The van der Waals surface area contributed by atoms with Crippen molar-refractivity contribution in [1.29, 1.82) is 0 Å². The molecule has 0 bridgehead atoms. The van der Waals surface area contributed by atoms with Crippen LogP contribution in [0.15, 0.2) is 0 Å². The Kier molecular flexibility index (Phi) is 2.34. The summed E-state index contributed by atoms with van der Waals surface area (Å²) >= 11 is 0. The summed E-state index contributed by atoms with van der Waals surface area (Å²) < 4.78 is 0. The van der Waals surface area contributed by atoms with Crippen molar-refractivity contribution in [2.75, 3.05) is 20.1 Å². The lowest BCUT2D eigenvalue weighted by Gasteiger charge is -2.11. The Morgan fingerprint density at radius 2 is 2.27 bits per heavy atom. The van der Waals surface area contributed by atoms with Gasteiger partial charge in [0.1, 0.15) is 0 Å². The predicted molar refractivity (Wildman–Crippen MR) is 41.6 cm³/mol. The van der Waals surface area contributed by atoms with Crippen molar-refractivity contribution in [2.24, 2.45) is 5.92 Å². The highest BCUT2D eigenvalue weighted by molar-refractivity contribution is 5.65. The Labute approximate surface area is 66.2 Å². The monoisotopic (exact) mass is 158 g/mol. The smallest absolute Gasteiger partial charge is 0.407 e. The van der Waals surface area contributed by atoms with E-state index in [0.717, 1.165) is 0 Å². The van der Waals surface area contributed by atoms with E-state index in [4.69, 9.17) is 5.11 Å². The van der Waals surface area contributed by atoms with Crippen LogP contribution in [0.25, 0.3) is 0 Å². The Morgan fingerprint density at radius 3 is 2.55 bits per heavy atom. The first-order chi connectivity index (χ1) is 5.15. The molecule has 1 saturated heterocycles. The second kappa shape index (κ2) is 3.09. The lowest BCUT2D eigenvalue weighted by molar-refractivity contribution is 0.154. The van der Waals surface area contributed by atoms with Crippen molar-refractivity contribution in [3.8, 4) is 0 Å². The van der Waals surface area contributed by atoms with Crippen LogP contribution in [0.1, 0.15) is 6.92 Å². The fraction of sp³-hybridized carbons (Fsp3) is 0.857. The average molecular weight is 158 g/mol. The van der Waals surface area contributed by atoms with Gasteiger partial charge in [0.05, 0.1) is 0 Å². The lowest BCUT2D eigenvalue weighted by Crippen LogP contribution is -2.33. The van der Waals surface area contributed by atoms with Crippen molar-refractivity contribution in [2.45, 2.75) is 13.0 Å². The number of likely N-dealkylation sites (tertiary alicyclic amines) is 1. The summed E-state index contributed by atoms with van der Waals surface area (Å²) in [5.74, 6) is 0.427. The quantitative estimate of drug-likeness (QED) is 0.573. The molecule has 0 saturated carbocycles. The molecule has 64 valence electrons. The molecule has 4 nitrogen and oxygen atoms in total. The first-order valence-corrected chi connectivity index (χ1v) is 3.80. The second-order valence-corrected chi connectivity index (χ2v) is 3.06. The Bertz CT molecular complexity index is 161. The number of amides is 1. The number of hydrogen-bond acceptors (Lipinski definition) is 2. The van der Waals surface area contributed by atoms with Crippen LogP contribution in [0.2, 0.25) is 0 Å². The zero-order valence-electron chi connectivity index (χ0n) is 6.87. The maximum atomic E-state index is 10.5. The Balaban J connectivity index is 2.49. The first kappa shape index (κ1) is 8.33. The highest BCUT2D eigenvalue weighted by Crippen LogP contribution is 2.15. The number of carbonyl (C=O) groups is 1. The minimum absolute atomic E-state index is 0.325. The van der Waals surface area contributed by atoms with Gasteiger partial charge in [-0.3, -0.25) is 0 Å². The van der Waals surface area contributed by atoms with E-state index in [1.165, 1.54) is 4.90 Å². The molecule has 1 rings (SSSR count). The minimum Gasteiger partial charge on any atom is -0.465 e. The lowest BCUT2D eigenvalue weighted by atomic mass is 10.1. The number of nitrogens with one attached hydrogen (secondary N) is 1. The summed E-state index contributed by atoms with van der Waals surface area (Å²) in [6.07, 6.45) is -0.811. The number of hydrogen-bond donors (Lipinski definition) is 2. The summed E-state index contributed by atoms with van der Waals surface area (Å²) in [6, 6.07) is 0.325. The molecule has 2 N–H and O–H groups in total. The molecule has 0 aliphatic carbocycles. The molecule has 0 unspecified atom stereocenters. The molecule has 0 spiro atoms. The molecule has 11 heavy (non-hydrogen) atoms. The fourth-order valence-electron chi connectivity index (χ4n) is 1.50. The van der Waals surface area contributed by atoms with Crippen molar-refractivity contribution >= 4 is 6.09 Å². The second-order valence-electron chi connectivity index (χ2n) is 3.06. The largest absolute Gasteiger partial charge is 0.465 e. The molecule has 1 heterocycles. The molecule has 1 aliphatic rings. The summed E-state index contributed by atoms with van der Waals surface area (Å²) in [4.78, 5) is 12.0. The average Bonchev–Trinajstić information content (AvgIpc) is 2.31. The highest BCUT2D eigenvalue weighted by Gasteiger charge is 2.30. The van der Waals surface area contributed by atoms with Crippen molar-refractivity contribution in [1.82, 2.24) is 10.2 Å². The highest BCUT2D eigenvalue weighted by atomic mass is 16.4. The van der Waals surface area contributed by atoms with Crippen molar-refractivity contribution in [3.63, 3.8) is 0 Å². The molecule has 0 radical (unpaired) electrons. The molecule has 0 aromatic heterocycles. The number of rotatable bonds is 1. The zero-order valence-corrected chi connectivity index (χ0v) is 6.87. The topological polar surface area (TPSA) is 52.6 Å². The van der Waals surface area contributed by atoms with Gasteiger partial charge in [0.2, 0.25) is 0 Å². The summed E-state index contributed by atoms with van der Waals surface area (Å²) in [6.45, 7) is 3.33. The molecule has 2 atom stereocenters. The van der Waals surface area contributed by atoms with Gasteiger partial charge >= 0.3 is 6.09 Å². The van der Waals surface area contributed by atoms with Crippen molar-refractivity contribution in [3.05, 3.63) is 0 Å². The van der Waals surface area contributed by atoms with E-state index in [2.05, 4.69) is 12.2 Å². The van der Waals surface area contributed by atoms with E-state index < -0.39 is 6.09 Å². The normalized spacial score (nSPS) is 30.9. The van der Waals surface area contributed by atoms with Gasteiger partial charge in [-0.05, 0) is 13.0 Å². The van der Waals surface area contributed by atoms with Gasteiger partial charge in [0, 0.05) is 19.1 Å². The van der Waals surface area contributed by atoms with Crippen LogP contribution < -0.4 is 5.32 Å². The molecular formula is C7H14N2O2. The van der Waals surface area contributed by atoms with E-state index in [-0.39, 0.29) is 0 Å². The van der Waals surface area contributed by atoms with E-state index >= 15 is 0 Å². The molecule has 1 aliphatic heterocycles. The molecule has 0 aromatic carbocycles. The predicted octanol–water partition coefficient (Wildman–Crippen LogP) is 0.204. The van der Waals surface area contributed by atoms with Gasteiger partial charge < -0.3 is 15.3 Å². The number of likely N-dealkylation sites (N-methyl/N-ethyl adjacent to an activating group) is 1. The van der Waals surface area contributed by atoms with E-state index in [1.807, 2.05) is 7.05 Å². The van der Waals surface area contributed by atoms with Crippen LogP contribution >= 0.6 is 0 Å². The first-order valence-electron chi connectivity index (χ1n) is 3.80. The van der Waals surface area contributed by atoms with E-state index in [0.29, 0.717) is 25.0 Å². The van der Waals surface area contributed by atoms with Crippen LogP contribution in [0, 0.1) is 5.92 Å². The Morgan fingerprint density at radius 1 is 1.64 bits per heavy atom. The van der Waals surface area contributed by atoms with Crippen LogP contribution in [0.5, 0.6) is 0 Å². The summed E-state index contributed by atoms with van der Waals surface area (Å²) in [5, 5.41) is 11.7. The van der Waals surface area contributed by atoms with Gasteiger partial charge in [0.25, 0.3) is 0 Å². The molecule has 1 fully saturated rings. The molecular weight excluding hydrogens is 144 g/mol. The van der Waals surface area contributed by atoms with Crippen molar-refractivity contribution < 1.29 is 9.90 Å². The minimum atomic E-state index is -0.811. The van der Waals surface area contributed by atoms with E-state index in [1.54, 1.807) is 0 Å². The maximum Gasteiger partial charge on any atom is 0.407 e.